The third-order valence-corrected chi connectivity index (χ3v) is 4.94. The Morgan fingerprint density at radius 1 is 1.50 bits per heavy atom. The highest BCUT2D eigenvalue weighted by molar-refractivity contribution is 6.21. The number of non-ortho nitro benzene ring substituents is 1. The fourth-order valence-electron chi connectivity index (χ4n) is 2.42. The Morgan fingerprint density at radius 2 is 2.20 bits per heavy atom. The first-order valence-corrected chi connectivity index (χ1v) is 6.99. The van der Waals surface area contributed by atoms with Crippen molar-refractivity contribution in [3.8, 4) is 11.5 Å². The standard InChI is InChI=1S/C14H18ClNO4/c1-4-14(2)12(15)8-13(14)20-11-7-9(16(17)18)5-6-10(11)19-3/h5-7,12-13H,4,8H2,1-3H3. The Hall–Kier alpha value is -1.49. The highest BCUT2D eigenvalue weighted by atomic mass is 35.5. The summed E-state index contributed by atoms with van der Waals surface area (Å²) < 4.78 is 11.1. The Labute approximate surface area is 123 Å². The number of nitro groups is 1. The van der Waals surface area contributed by atoms with Crippen molar-refractivity contribution in [3.63, 3.8) is 0 Å². The number of halogens is 1. The summed E-state index contributed by atoms with van der Waals surface area (Å²) in [6.45, 7) is 4.14. The van der Waals surface area contributed by atoms with Crippen LogP contribution in [0.5, 0.6) is 11.5 Å². The van der Waals surface area contributed by atoms with Gasteiger partial charge in [-0.05, 0) is 12.5 Å². The predicted molar refractivity (Wildman–Crippen MR) is 76.7 cm³/mol. The molecule has 0 heterocycles. The van der Waals surface area contributed by atoms with E-state index < -0.39 is 4.92 Å². The van der Waals surface area contributed by atoms with E-state index >= 15 is 0 Å². The van der Waals surface area contributed by atoms with Crippen LogP contribution in [0.15, 0.2) is 18.2 Å². The number of alkyl halides is 1. The SMILES string of the molecule is CCC1(C)C(Cl)CC1Oc1cc([N+](=O)[O-])ccc1OC. The molecule has 1 fully saturated rings. The maximum atomic E-state index is 10.8. The van der Waals surface area contributed by atoms with E-state index in [1.807, 2.05) is 0 Å². The molecule has 0 aromatic heterocycles. The molecule has 0 spiro atoms. The lowest BCUT2D eigenvalue weighted by Crippen LogP contribution is -2.55. The van der Waals surface area contributed by atoms with Gasteiger partial charge in [-0.1, -0.05) is 13.8 Å². The lowest BCUT2D eigenvalue weighted by molar-refractivity contribution is -0.385. The zero-order chi connectivity index (χ0) is 14.9. The monoisotopic (exact) mass is 299 g/mol. The topological polar surface area (TPSA) is 61.6 Å². The molecule has 1 aromatic rings. The van der Waals surface area contributed by atoms with E-state index in [0.717, 1.165) is 12.8 Å². The van der Waals surface area contributed by atoms with Gasteiger partial charge in [-0.15, -0.1) is 11.6 Å². The first-order chi connectivity index (χ1) is 9.42. The summed E-state index contributed by atoms with van der Waals surface area (Å²) >= 11 is 6.25. The van der Waals surface area contributed by atoms with Gasteiger partial charge in [-0.2, -0.15) is 0 Å². The molecule has 110 valence electrons. The zero-order valence-corrected chi connectivity index (χ0v) is 12.5. The predicted octanol–water partition coefficient (Wildman–Crippen LogP) is 3.78. The average Bonchev–Trinajstić information content (AvgIpc) is 2.45. The van der Waals surface area contributed by atoms with Gasteiger partial charge in [0.05, 0.1) is 18.1 Å². The van der Waals surface area contributed by atoms with Crippen molar-refractivity contribution in [2.75, 3.05) is 7.11 Å². The number of nitrogens with zero attached hydrogens (tertiary/aromatic N) is 1. The molecular formula is C14H18ClNO4. The van der Waals surface area contributed by atoms with Crippen molar-refractivity contribution in [3.05, 3.63) is 28.3 Å². The normalized spacial score (nSPS) is 28.6. The van der Waals surface area contributed by atoms with Crippen LogP contribution in [-0.2, 0) is 0 Å². The molecule has 3 atom stereocenters. The molecule has 2 rings (SSSR count). The number of methoxy groups -OCH3 is 1. The van der Waals surface area contributed by atoms with Gasteiger partial charge in [0, 0.05) is 23.3 Å². The van der Waals surface area contributed by atoms with Gasteiger partial charge in [0.25, 0.3) is 5.69 Å². The Kier molecular flexibility index (Phi) is 4.09. The molecule has 1 aromatic carbocycles. The minimum atomic E-state index is -0.448. The summed E-state index contributed by atoms with van der Waals surface area (Å²) in [5, 5.41) is 10.9. The number of ether oxygens (including phenoxy) is 2. The van der Waals surface area contributed by atoms with Crippen molar-refractivity contribution in [1.29, 1.82) is 0 Å². The first-order valence-electron chi connectivity index (χ1n) is 6.55. The first kappa shape index (κ1) is 14.9. The van der Waals surface area contributed by atoms with E-state index in [0.29, 0.717) is 11.5 Å². The maximum absolute atomic E-state index is 10.8. The molecule has 0 bridgehead atoms. The maximum Gasteiger partial charge on any atom is 0.273 e. The Bertz CT molecular complexity index is 522. The van der Waals surface area contributed by atoms with Crippen LogP contribution in [0.4, 0.5) is 5.69 Å². The van der Waals surface area contributed by atoms with Gasteiger partial charge < -0.3 is 9.47 Å². The summed E-state index contributed by atoms with van der Waals surface area (Å²) in [6.07, 6.45) is 1.58. The van der Waals surface area contributed by atoms with E-state index in [1.165, 1.54) is 19.2 Å². The average molecular weight is 300 g/mol. The minimum absolute atomic E-state index is 0.0132. The number of nitro benzene ring substituents is 1. The van der Waals surface area contributed by atoms with Crippen LogP contribution in [-0.4, -0.2) is 23.5 Å². The fourth-order valence-corrected chi connectivity index (χ4v) is 2.88. The molecule has 20 heavy (non-hydrogen) atoms. The summed E-state index contributed by atoms with van der Waals surface area (Å²) in [6, 6.07) is 4.35. The fraction of sp³-hybridized carbons (Fsp3) is 0.571. The van der Waals surface area contributed by atoms with E-state index in [-0.39, 0.29) is 22.6 Å². The molecule has 3 unspecified atom stereocenters. The Morgan fingerprint density at radius 3 is 2.70 bits per heavy atom. The van der Waals surface area contributed by atoms with Crippen molar-refractivity contribution < 1.29 is 14.4 Å². The third kappa shape index (κ3) is 2.42. The van der Waals surface area contributed by atoms with Gasteiger partial charge in [0.1, 0.15) is 6.10 Å². The van der Waals surface area contributed by atoms with Crippen LogP contribution < -0.4 is 9.47 Å². The number of rotatable bonds is 5. The van der Waals surface area contributed by atoms with Crippen molar-refractivity contribution >= 4 is 17.3 Å². The molecule has 0 aliphatic heterocycles. The summed E-state index contributed by atoms with van der Waals surface area (Å²) in [5.41, 5.74) is -0.127. The molecule has 0 amide bonds. The smallest absolute Gasteiger partial charge is 0.273 e. The van der Waals surface area contributed by atoms with Crippen molar-refractivity contribution in [2.45, 2.75) is 38.2 Å². The zero-order valence-electron chi connectivity index (χ0n) is 11.8. The second kappa shape index (κ2) is 5.48. The largest absolute Gasteiger partial charge is 0.493 e. The third-order valence-electron chi connectivity index (χ3n) is 4.26. The molecule has 6 heteroatoms. The lowest BCUT2D eigenvalue weighted by Gasteiger charge is -2.50. The molecule has 1 saturated carbocycles. The van der Waals surface area contributed by atoms with Crippen molar-refractivity contribution in [1.82, 2.24) is 0 Å². The summed E-state index contributed by atoms with van der Waals surface area (Å²) in [4.78, 5) is 10.4. The number of hydrogen-bond acceptors (Lipinski definition) is 4. The highest BCUT2D eigenvalue weighted by Crippen LogP contribution is 2.50. The van der Waals surface area contributed by atoms with Crippen LogP contribution in [0.1, 0.15) is 26.7 Å². The van der Waals surface area contributed by atoms with E-state index in [4.69, 9.17) is 21.1 Å². The molecule has 0 N–H and O–H groups in total. The van der Waals surface area contributed by atoms with Crippen LogP contribution >= 0.6 is 11.6 Å². The second-order valence-corrected chi connectivity index (χ2v) is 5.79. The molecule has 1 aliphatic carbocycles. The van der Waals surface area contributed by atoms with E-state index in [2.05, 4.69) is 13.8 Å². The van der Waals surface area contributed by atoms with Crippen LogP contribution in [0.3, 0.4) is 0 Å². The number of hydrogen-bond donors (Lipinski definition) is 0. The second-order valence-electron chi connectivity index (χ2n) is 5.26. The molecule has 0 saturated heterocycles. The van der Waals surface area contributed by atoms with Gasteiger partial charge in [-0.25, -0.2) is 0 Å². The quantitative estimate of drug-likeness (QED) is 0.471. The minimum Gasteiger partial charge on any atom is -0.493 e. The van der Waals surface area contributed by atoms with Crippen LogP contribution in [0.2, 0.25) is 0 Å². The van der Waals surface area contributed by atoms with E-state index in [9.17, 15) is 10.1 Å². The van der Waals surface area contributed by atoms with Gasteiger partial charge in [0.2, 0.25) is 0 Å². The Balaban J connectivity index is 2.24. The van der Waals surface area contributed by atoms with Crippen molar-refractivity contribution in [2.24, 2.45) is 5.41 Å². The lowest BCUT2D eigenvalue weighted by atomic mass is 9.65. The number of benzene rings is 1. The van der Waals surface area contributed by atoms with Gasteiger partial charge >= 0.3 is 0 Å². The summed E-state index contributed by atoms with van der Waals surface area (Å²) in [7, 11) is 1.51. The highest BCUT2D eigenvalue weighted by Gasteiger charge is 2.51. The summed E-state index contributed by atoms with van der Waals surface area (Å²) in [5.74, 6) is 0.891. The molecule has 5 nitrogen and oxygen atoms in total. The molecular weight excluding hydrogens is 282 g/mol. The van der Waals surface area contributed by atoms with Crippen LogP contribution in [0, 0.1) is 15.5 Å². The molecule has 1 aliphatic rings. The molecule has 0 radical (unpaired) electrons. The van der Waals surface area contributed by atoms with Crippen LogP contribution in [0.25, 0.3) is 0 Å². The van der Waals surface area contributed by atoms with E-state index in [1.54, 1.807) is 6.07 Å². The van der Waals surface area contributed by atoms with Gasteiger partial charge in [0.15, 0.2) is 11.5 Å². The van der Waals surface area contributed by atoms with Gasteiger partial charge in [-0.3, -0.25) is 10.1 Å².